The van der Waals surface area contributed by atoms with Gasteiger partial charge in [0, 0.05) is 13.1 Å². The van der Waals surface area contributed by atoms with Crippen LogP contribution in [-0.4, -0.2) is 0 Å². The fourth-order valence-electron chi connectivity index (χ4n) is 1.69. The van der Waals surface area contributed by atoms with Crippen LogP contribution in [0.25, 0.3) is 6.08 Å². The highest BCUT2D eigenvalue weighted by atomic mass is 35.5. The highest BCUT2D eigenvalue weighted by Gasteiger charge is 2.11. The molecule has 2 heteroatoms. The van der Waals surface area contributed by atoms with Gasteiger partial charge in [0.2, 0.25) is 0 Å². The minimum atomic E-state index is 0. The lowest BCUT2D eigenvalue weighted by Crippen LogP contribution is -2.00. The molecule has 0 atom stereocenters. The first kappa shape index (κ1) is 10.3. The highest BCUT2D eigenvalue weighted by molar-refractivity contribution is 5.85. The second-order valence-electron chi connectivity index (χ2n) is 3.09. The Morgan fingerprint density at radius 2 is 2.15 bits per heavy atom. The van der Waals surface area contributed by atoms with E-state index in [-0.39, 0.29) is 12.4 Å². The van der Waals surface area contributed by atoms with Gasteiger partial charge in [-0.05, 0) is 23.6 Å². The zero-order chi connectivity index (χ0) is 8.39. The molecule has 1 aromatic carbocycles. The Labute approximate surface area is 85.3 Å². The second-order valence-corrected chi connectivity index (χ2v) is 3.09. The van der Waals surface area contributed by atoms with Crippen LogP contribution in [0.4, 0.5) is 0 Å². The number of benzene rings is 1. The molecule has 0 amide bonds. The lowest BCUT2D eigenvalue weighted by atomic mass is 10.0. The summed E-state index contributed by atoms with van der Waals surface area (Å²) in [6, 6.07) is 6.50. The van der Waals surface area contributed by atoms with Crippen LogP contribution in [0.2, 0.25) is 0 Å². The van der Waals surface area contributed by atoms with Crippen molar-refractivity contribution in [3.05, 3.63) is 41.0 Å². The molecule has 1 aliphatic heterocycles. The molecule has 0 aromatic heterocycles. The van der Waals surface area contributed by atoms with Gasteiger partial charge in [-0.2, -0.15) is 0 Å². The van der Waals surface area contributed by atoms with Gasteiger partial charge in [0.05, 0.1) is 0 Å². The van der Waals surface area contributed by atoms with Crippen molar-refractivity contribution in [1.82, 2.24) is 5.32 Å². The summed E-state index contributed by atoms with van der Waals surface area (Å²) >= 11 is 0. The Balaban J connectivity index is 0.000000845. The largest absolute Gasteiger partial charge is 0.309 e. The maximum atomic E-state index is 3.35. The standard InChI is InChI=1S/C11H13N.ClH/c1-2-4-9-5-3-6-10-7-12-8-11(9)10;/h2-6,12H,7-8H2,1H3;1H/b4-2+;. The molecule has 1 N–H and O–H groups in total. The minimum absolute atomic E-state index is 0. The van der Waals surface area contributed by atoms with Gasteiger partial charge >= 0.3 is 0 Å². The maximum absolute atomic E-state index is 3.35. The average molecular weight is 196 g/mol. The van der Waals surface area contributed by atoms with Gasteiger partial charge in [-0.3, -0.25) is 0 Å². The number of rotatable bonds is 1. The summed E-state index contributed by atoms with van der Waals surface area (Å²) in [4.78, 5) is 0. The third kappa shape index (κ3) is 1.93. The van der Waals surface area contributed by atoms with E-state index >= 15 is 0 Å². The maximum Gasteiger partial charge on any atom is 0.0217 e. The molecule has 1 heterocycles. The molecular formula is C11H14ClN. The Morgan fingerprint density at radius 1 is 1.31 bits per heavy atom. The van der Waals surface area contributed by atoms with Crippen molar-refractivity contribution in [1.29, 1.82) is 0 Å². The topological polar surface area (TPSA) is 12.0 Å². The molecular weight excluding hydrogens is 182 g/mol. The van der Waals surface area contributed by atoms with Crippen LogP contribution in [0, 0.1) is 0 Å². The van der Waals surface area contributed by atoms with E-state index in [0.717, 1.165) is 13.1 Å². The Kier molecular flexibility index (Phi) is 3.52. The number of hydrogen-bond acceptors (Lipinski definition) is 1. The number of hydrogen-bond donors (Lipinski definition) is 1. The Bertz CT molecular complexity index is 318. The summed E-state index contributed by atoms with van der Waals surface area (Å²) in [5.41, 5.74) is 4.28. The molecule has 0 fully saturated rings. The predicted molar refractivity (Wildman–Crippen MR) is 58.9 cm³/mol. The lowest BCUT2D eigenvalue weighted by Gasteiger charge is -2.01. The molecule has 70 valence electrons. The summed E-state index contributed by atoms with van der Waals surface area (Å²) in [6.07, 6.45) is 4.26. The normalized spacial score (nSPS) is 14.2. The van der Waals surface area contributed by atoms with Crippen LogP contribution in [0.15, 0.2) is 24.3 Å². The number of fused-ring (bicyclic) bond motifs is 1. The summed E-state index contributed by atoms with van der Waals surface area (Å²) in [6.45, 7) is 4.11. The van der Waals surface area contributed by atoms with Crippen LogP contribution < -0.4 is 5.32 Å². The quantitative estimate of drug-likeness (QED) is 0.727. The predicted octanol–water partition coefficient (Wildman–Crippen LogP) is 2.74. The van der Waals surface area contributed by atoms with E-state index in [1.165, 1.54) is 16.7 Å². The van der Waals surface area contributed by atoms with Gasteiger partial charge in [-0.1, -0.05) is 30.4 Å². The van der Waals surface area contributed by atoms with E-state index in [4.69, 9.17) is 0 Å². The van der Waals surface area contributed by atoms with Gasteiger partial charge < -0.3 is 5.32 Å². The van der Waals surface area contributed by atoms with Crippen LogP contribution >= 0.6 is 12.4 Å². The van der Waals surface area contributed by atoms with Crippen molar-refractivity contribution < 1.29 is 0 Å². The molecule has 0 aliphatic carbocycles. The first-order valence-electron chi connectivity index (χ1n) is 4.36. The molecule has 1 aromatic rings. The summed E-state index contributed by atoms with van der Waals surface area (Å²) in [5, 5.41) is 3.35. The Hall–Kier alpha value is -0.790. The lowest BCUT2D eigenvalue weighted by molar-refractivity contribution is 0.764. The second kappa shape index (κ2) is 4.45. The molecule has 1 aliphatic rings. The SMILES string of the molecule is C/C=C/c1cccc2c1CNC2.Cl. The smallest absolute Gasteiger partial charge is 0.0217 e. The van der Waals surface area contributed by atoms with E-state index in [1.807, 2.05) is 0 Å². The minimum Gasteiger partial charge on any atom is -0.309 e. The molecule has 1 nitrogen and oxygen atoms in total. The van der Waals surface area contributed by atoms with Crippen molar-refractivity contribution in [2.24, 2.45) is 0 Å². The van der Waals surface area contributed by atoms with E-state index < -0.39 is 0 Å². The van der Waals surface area contributed by atoms with Crippen molar-refractivity contribution in [2.45, 2.75) is 20.0 Å². The molecule has 0 saturated heterocycles. The Morgan fingerprint density at radius 3 is 2.92 bits per heavy atom. The van der Waals surface area contributed by atoms with Gasteiger partial charge in [0.1, 0.15) is 0 Å². The zero-order valence-electron chi connectivity index (χ0n) is 7.71. The highest BCUT2D eigenvalue weighted by Crippen LogP contribution is 2.20. The van der Waals surface area contributed by atoms with E-state index in [1.54, 1.807) is 0 Å². The molecule has 0 spiro atoms. The monoisotopic (exact) mass is 195 g/mol. The van der Waals surface area contributed by atoms with Gasteiger partial charge in [0.25, 0.3) is 0 Å². The first-order valence-corrected chi connectivity index (χ1v) is 4.36. The number of halogens is 1. The summed E-state index contributed by atoms with van der Waals surface area (Å²) in [5.74, 6) is 0. The number of allylic oxidation sites excluding steroid dienone is 1. The molecule has 2 rings (SSSR count). The van der Waals surface area contributed by atoms with Crippen LogP contribution in [0.1, 0.15) is 23.6 Å². The van der Waals surface area contributed by atoms with Crippen molar-refractivity contribution >= 4 is 18.5 Å². The van der Waals surface area contributed by atoms with E-state index in [9.17, 15) is 0 Å². The molecule has 0 radical (unpaired) electrons. The van der Waals surface area contributed by atoms with Crippen molar-refractivity contribution in [2.75, 3.05) is 0 Å². The fraction of sp³-hybridized carbons (Fsp3) is 0.273. The van der Waals surface area contributed by atoms with E-state index in [0.29, 0.717) is 0 Å². The van der Waals surface area contributed by atoms with Crippen LogP contribution in [-0.2, 0) is 13.1 Å². The molecule has 0 saturated carbocycles. The zero-order valence-corrected chi connectivity index (χ0v) is 8.53. The van der Waals surface area contributed by atoms with Gasteiger partial charge in [0.15, 0.2) is 0 Å². The van der Waals surface area contributed by atoms with Crippen molar-refractivity contribution in [3.63, 3.8) is 0 Å². The fourth-order valence-corrected chi connectivity index (χ4v) is 1.69. The number of nitrogens with one attached hydrogen (secondary N) is 1. The summed E-state index contributed by atoms with van der Waals surface area (Å²) < 4.78 is 0. The van der Waals surface area contributed by atoms with E-state index in [2.05, 4.69) is 42.6 Å². The third-order valence-corrected chi connectivity index (χ3v) is 2.27. The van der Waals surface area contributed by atoms with Crippen molar-refractivity contribution in [3.8, 4) is 0 Å². The molecule has 0 bridgehead atoms. The van der Waals surface area contributed by atoms with Gasteiger partial charge in [-0.15, -0.1) is 12.4 Å². The molecule has 13 heavy (non-hydrogen) atoms. The van der Waals surface area contributed by atoms with Crippen LogP contribution in [0.5, 0.6) is 0 Å². The summed E-state index contributed by atoms with van der Waals surface area (Å²) in [7, 11) is 0. The van der Waals surface area contributed by atoms with Gasteiger partial charge in [-0.25, -0.2) is 0 Å². The first-order chi connectivity index (χ1) is 5.92. The molecule has 0 unspecified atom stereocenters. The average Bonchev–Trinajstić information content (AvgIpc) is 2.53. The van der Waals surface area contributed by atoms with Crippen LogP contribution in [0.3, 0.4) is 0 Å². The third-order valence-electron chi connectivity index (χ3n) is 2.27.